The van der Waals surface area contributed by atoms with Gasteiger partial charge in [0.25, 0.3) is 5.91 Å². The van der Waals surface area contributed by atoms with Crippen LogP contribution in [0, 0.1) is 0 Å². The molecule has 3 aromatic heterocycles. The van der Waals surface area contributed by atoms with Crippen molar-refractivity contribution in [3.63, 3.8) is 0 Å². The molecule has 14 heteroatoms. The van der Waals surface area contributed by atoms with Gasteiger partial charge in [-0.25, -0.2) is 18.3 Å². The molecule has 3 aromatic rings. The monoisotopic (exact) mass is 600 g/mol. The van der Waals surface area contributed by atoms with Gasteiger partial charge in [0.15, 0.2) is 5.65 Å². The topological polar surface area (TPSA) is 114 Å². The number of nitrogens with zero attached hydrogens (tertiary/aromatic N) is 4. The predicted octanol–water partition coefficient (Wildman–Crippen LogP) is 6.49. The van der Waals surface area contributed by atoms with Crippen molar-refractivity contribution >= 4 is 17.5 Å². The van der Waals surface area contributed by atoms with Crippen molar-refractivity contribution in [2.24, 2.45) is 0 Å². The lowest BCUT2D eigenvalue weighted by molar-refractivity contribution is -0.144. The number of aromatic nitrogens is 4. The first-order valence-corrected chi connectivity index (χ1v) is 14.1. The fourth-order valence-corrected chi connectivity index (χ4v) is 3.86. The van der Waals surface area contributed by atoms with Gasteiger partial charge in [-0.05, 0) is 30.4 Å². The van der Waals surface area contributed by atoms with Crippen LogP contribution in [0.1, 0.15) is 111 Å². The standard InChI is InChI=1S/C19H21F3N6O3.C6H10F2.C3H6/c1-11(2)17-14(10-31-27-17)18(30)24-8-13-9-28-15(26-13)5-12(7-25-28)6-23-16(29)3-4-19(20,21)22;7-6(8)4-2-1-3-5-6;1-2-3-1/h5,7,9-11H,3-4,6,8H2,1-2H3,(H,23,29)(H,24,30);1-5H2;1-3H2. The Labute approximate surface area is 240 Å². The minimum atomic E-state index is -4.37. The molecule has 2 saturated carbocycles. The summed E-state index contributed by atoms with van der Waals surface area (Å²) in [7, 11) is 0. The summed E-state index contributed by atoms with van der Waals surface area (Å²) >= 11 is 0. The van der Waals surface area contributed by atoms with Crippen molar-refractivity contribution in [3.05, 3.63) is 47.2 Å². The van der Waals surface area contributed by atoms with E-state index in [0.29, 0.717) is 41.0 Å². The lowest BCUT2D eigenvalue weighted by Crippen LogP contribution is -2.24. The summed E-state index contributed by atoms with van der Waals surface area (Å²) in [6.07, 6.45) is 5.41. The van der Waals surface area contributed by atoms with Crippen LogP contribution in [-0.4, -0.2) is 43.7 Å². The van der Waals surface area contributed by atoms with Gasteiger partial charge >= 0.3 is 6.18 Å². The fraction of sp³-hybridized carbons (Fsp3) is 0.607. The van der Waals surface area contributed by atoms with E-state index in [9.17, 15) is 31.5 Å². The number of imidazole rings is 1. The Morgan fingerprint density at radius 3 is 2.29 bits per heavy atom. The zero-order chi connectivity index (χ0) is 30.8. The van der Waals surface area contributed by atoms with Crippen molar-refractivity contribution < 1.29 is 36.1 Å². The van der Waals surface area contributed by atoms with Crippen LogP contribution in [0.5, 0.6) is 0 Å². The van der Waals surface area contributed by atoms with Gasteiger partial charge in [0.1, 0.15) is 11.8 Å². The van der Waals surface area contributed by atoms with Crippen LogP contribution in [0.25, 0.3) is 5.65 Å². The Hall–Kier alpha value is -3.58. The predicted molar refractivity (Wildman–Crippen MR) is 144 cm³/mol. The summed E-state index contributed by atoms with van der Waals surface area (Å²) < 4.78 is 67.3. The highest BCUT2D eigenvalue weighted by Gasteiger charge is 2.30. The molecule has 2 fully saturated rings. The third-order valence-electron chi connectivity index (χ3n) is 6.31. The largest absolute Gasteiger partial charge is 0.389 e. The van der Waals surface area contributed by atoms with E-state index >= 15 is 0 Å². The fourth-order valence-electron chi connectivity index (χ4n) is 3.86. The second-order valence-electron chi connectivity index (χ2n) is 10.7. The van der Waals surface area contributed by atoms with Crippen LogP contribution in [0.3, 0.4) is 0 Å². The van der Waals surface area contributed by atoms with Gasteiger partial charge in [-0.3, -0.25) is 9.59 Å². The Morgan fingerprint density at radius 1 is 1.05 bits per heavy atom. The second-order valence-corrected chi connectivity index (χ2v) is 10.7. The van der Waals surface area contributed by atoms with Crippen LogP contribution in [0.15, 0.2) is 29.2 Å². The first-order valence-electron chi connectivity index (χ1n) is 14.1. The second kappa shape index (κ2) is 15.1. The number of halogens is 5. The Kier molecular flexibility index (Phi) is 11.8. The van der Waals surface area contributed by atoms with Crippen molar-refractivity contribution in [2.75, 3.05) is 0 Å². The highest BCUT2D eigenvalue weighted by molar-refractivity contribution is 5.95. The van der Waals surface area contributed by atoms with E-state index in [2.05, 4.69) is 25.9 Å². The van der Waals surface area contributed by atoms with Crippen LogP contribution < -0.4 is 10.6 Å². The maximum Gasteiger partial charge on any atom is 0.389 e. The lowest BCUT2D eigenvalue weighted by atomic mass is 9.97. The average Bonchev–Trinajstić information content (AvgIpc) is 3.62. The van der Waals surface area contributed by atoms with Crippen molar-refractivity contribution in [1.82, 2.24) is 30.4 Å². The van der Waals surface area contributed by atoms with E-state index in [1.165, 1.54) is 36.2 Å². The Balaban J connectivity index is 0.000000364. The molecule has 2 N–H and O–H groups in total. The quantitative estimate of drug-likeness (QED) is 0.286. The van der Waals surface area contributed by atoms with Gasteiger partial charge in [-0.15, -0.1) is 0 Å². The normalized spacial score (nSPS) is 15.7. The minimum Gasteiger partial charge on any atom is -0.364 e. The molecule has 0 bridgehead atoms. The number of rotatable bonds is 8. The SMILES string of the molecule is C1CC1.CC(C)c1nocc1C(=O)NCc1cn2ncc(CNC(=O)CCC(F)(F)F)cc2n1.FC1(F)CCCCC1. The van der Waals surface area contributed by atoms with E-state index in [0.717, 1.165) is 6.42 Å². The van der Waals surface area contributed by atoms with E-state index in [1.807, 2.05) is 13.8 Å². The zero-order valence-electron chi connectivity index (χ0n) is 23.8. The lowest BCUT2D eigenvalue weighted by Gasteiger charge is -2.20. The van der Waals surface area contributed by atoms with E-state index in [1.54, 1.807) is 12.3 Å². The summed E-state index contributed by atoms with van der Waals surface area (Å²) in [5, 5.41) is 13.2. The van der Waals surface area contributed by atoms with Crippen molar-refractivity contribution in [3.8, 4) is 0 Å². The smallest absolute Gasteiger partial charge is 0.364 e. The summed E-state index contributed by atoms with van der Waals surface area (Å²) in [6, 6.07) is 1.65. The maximum absolute atomic E-state index is 12.4. The molecule has 2 aliphatic carbocycles. The Bertz CT molecular complexity index is 1290. The van der Waals surface area contributed by atoms with E-state index in [4.69, 9.17) is 4.52 Å². The highest BCUT2D eigenvalue weighted by atomic mass is 19.4. The molecule has 0 unspecified atom stereocenters. The number of amides is 2. The highest BCUT2D eigenvalue weighted by Crippen LogP contribution is 2.32. The molecule has 0 spiro atoms. The summed E-state index contributed by atoms with van der Waals surface area (Å²) in [5.41, 5.74) is 2.53. The zero-order valence-corrected chi connectivity index (χ0v) is 23.8. The number of alkyl halides is 5. The van der Waals surface area contributed by atoms with Gasteiger partial charge in [0.05, 0.1) is 36.7 Å². The number of fused-ring (bicyclic) bond motifs is 1. The molecule has 2 amide bonds. The molecular weight excluding hydrogens is 563 g/mol. The third-order valence-corrected chi connectivity index (χ3v) is 6.31. The van der Waals surface area contributed by atoms with Gasteiger partial charge in [-0.2, -0.15) is 18.3 Å². The number of carbonyl (C=O) groups excluding carboxylic acids is 2. The van der Waals surface area contributed by atoms with Gasteiger partial charge in [0.2, 0.25) is 11.8 Å². The van der Waals surface area contributed by atoms with Crippen molar-refractivity contribution in [1.29, 1.82) is 0 Å². The molecule has 0 saturated heterocycles. The molecule has 232 valence electrons. The van der Waals surface area contributed by atoms with Crippen LogP contribution in [0.2, 0.25) is 0 Å². The summed E-state index contributed by atoms with van der Waals surface area (Å²) in [6.45, 7) is 3.98. The number of hydrogen-bond acceptors (Lipinski definition) is 6. The molecule has 42 heavy (non-hydrogen) atoms. The van der Waals surface area contributed by atoms with Crippen molar-refractivity contribution in [2.45, 2.75) is 109 Å². The molecule has 0 atom stereocenters. The van der Waals surface area contributed by atoms with Gasteiger partial charge < -0.3 is 15.2 Å². The summed E-state index contributed by atoms with van der Waals surface area (Å²) in [5.74, 6) is -3.32. The molecule has 9 nitrogen and oxygen atoms in total. The number of carbonyl (C=O) groups is 2. The molecular formula is C28H37F5N6O3. The number of nitrogens with one attached hydrogen (secondary N) is 2. The molecule has 0 aromatic carbocycles. The van der Waals surface area contributed by atoms with Crippen LogP contribution >= 0.6 is 0 Å². The molecule has 2 aliphatic rings. The van der Waals surface area contributed by atoms with Crippen LogP contribution in [-0.2, 0) is 17.9 Å². The molecule has 0 aliphatic heterocycles. The van der Waals surface area contributed by atoms with E-state index < -0.39 is 30.8 Å². The Morgan fingerprint density at radius 2 is 1.71 bits per heavy atom. The van der Waals surface area contributed by atoms with E-state index in [-0.39, 0.29) is 37.8 Å². The maximum atomic E-state index is 12.4. The minimum absolute atomic E-state index is 0.0323. The number of hydrogen-bond donors (Lipinski definition) is 2. The summed E-state index contributed by atoms with van der Waals surface area (Å²) in [4.78, 5) is 28.3. The molecule has 3 heterocycles. The first-order chi connectivity index (χ1) is 19.8. The third kappa shape index (κ3) is 11.7. The molecule has 5 rings (SSSR count). The van der Waals surface area contributed by atoms with Crippen LogP contribution in [0.4, 0.5) is 22.0 Å². The van der Waals surface area contributed by atoms with Gasteiger partial charge in [-0.1, -0.05) is 44.7 Å². The van der Waals surface area contributed by atoms with Gasteiger partial charge in [0, 0.05) is 25.8 Å². The first kappa shape index (κ1) is 32.9. The molecule has 0 radical (unpaired) electrons. The average molecular weight is 601 g/mol.